The number of hydrogen-bond donors (Lipinski definition) is 0. The fraction of sp³-hybridized carbons (Fsp3) is 0.273. The summed E-state index contributed by atoms with van der Waals surface area (Å²) in [5, 5.41) is 1.32. The molecule has 2 rings (SSSR count). The maximum Gasteiger partial charge on any atom is 0.0491 e. The van der Waals surface area contributed by atoms with E-state index in [0.717, 1.165) is 11.0 Å². The van der Waals surface area contributed by atoms with Gasteiger partial charge in [0.2, 0.25) is 0 Å². The minimum atomic E-state index is 1.10. The van der Waals surface area contributed by atoms with Gasteiger partial charge in [0.1, 0.15) is 0 Å². The van der Waals surface area contributed by atoms with E-state index >= 15 is 0 Å². The van der Waals surface area contributed by atoms with Crippen molar-refractivity contribution in [3.8, 4) is 0 Å². The molecule has 0 N–H and O–H groups in total. The maximum atomic E-state index is 3.49. The molecule has 13 heavy (non-hydrogen) atoms. The van der Waals surface area contributed by atoms with Crippen LogP contribution >= 0.6 is 15.9 Å². The number of fused-ring (bicyclic) bond motifs is 1. The van der Waals surface area contributed by atoms with E-state index in [2.05, 4.69) is 57.9 Å². The van der Waals surface area contributed by atoms with Gasteiger partial charge in [-0.3, -0.25) is 0 Å². The molecule has 0 aliphatic rings. The number of rotatable bonds is 2. The Morgan fingerprint density at radius 3 is 2.92 bits per heavy atom. The second kappa shape index (κ2) is 3.54. The lowest BCUT2D eigenvalue weighted by Gasteiger charge is -2.02. The van der Waals surface area contributed by atoms with Crippen molar-refractivity contribution in [2.75, 3.05) is 0 Å². The monoisotopic (exact) mass is 237 g/mol. The third-order valence-electron chi connectivity index (χ3n) is 2.20. The van der Waals surface area contributed by atoms with E-state index in [0.29, 0.717) is 0 Å². The van der Waals surface area contributed by atoms with Crippen LogP contribution in [-0.2, 0) is 6.54 Å². The van der Waals surface area contributed by atoms with E-state index in [1.807, 2.05) is 0 Å². The van der Waals surface area contributed by atoms with E-state index in [1.165, 1.54) is 17.3 Å². The molecule has 0 amide bonds. The van der Waals surface area contributed by atoms with E-state index in [4.69, 9.17) is 0 Å². The summed E-state index contributed by atoms with van der Waals surface area (Å²) in [6.45, 7) is 3.30. The molecule has 1 nitrogen and oxygen atoms in total. The quantitative estimate of drug-likeness (QED) is 0.749. The zero-order valence-electron chi connectivity index (χ0n) is 7.63. The summed E-state index contributed by atoms with van der Waals surface area (Å²) in [7, 11) is 0. The smallest absolute Gasteiger partial charge is 0.0491 e. The summed E-state index contributed by atoms with van der Waals surface area (Å²) in [5.41, 5.74) is 1.32. The van der Waals surface area contributed by atoms with Crippen molar-refractivity contribution in [1.82, 2.24) is 4.57 Å². The number of aryl methyl sites for hydroxylation is 1. The molecule has 0 aliphatic heterocycles. The molecule has 0 unspecified atom stereocenters. The summed E-state index contributed by atoms with van der Waals surface area (Å²) in [6.07, 6.45) is 3.33. The van der Waals surface area contributed by atoms with Crippen molar-refractivity contribution < 1.29 is 0 Å². The lowest BCUT2D eigenvalue weighted by Crippen LogP contribution is -1.93. The Kier molecular flexibility index (Phi) is 2.40. The summed E-state index contributed by atoms with van der Waals surface area (Å²) in [4.78, 5) is 0. The summed E-state index contributed by atoms with van der Waals surface area (Å²) in [5.74, 6) is 0. The Balaban J connectivity index is 2.58. The number of halogens is 1. The third-order valence-corrected chi connectivity index (χ3v) is 2.69. The lowest BCUT2D eigenvalue weighted by atomic mass is 10.2. The zero-order valence-corrected chi connectivity index (χ0v) is 9.21. The molecule has 1 aromatic carbocycles. The molecule has 0 saturated carbocycles. The molecule has 0 atom stereocenters. The van der Waals surface area contributed by atoms with Gasteiger partial charge in [-0.15, -0.1) is 0 Å². The van der Waals surface area contributed by atoms with Gasteiger partial charge >= 0.3 is 0 Å². The van der Waals surface area contributed by atoms with Crippen LogP contribution in [0.4, 0.5) is 0 Å². The van der Waals surface area contributed by atoms with E-state index in [1.54, 1.807) is 0 Å². The first-order valence-electron chi connectivity index (χ1n) is 4.55. The Bertz CT molecular complexity index is 417. The molecule has 0 spiro atoms. The molecular weight excluding hydrogens is 226 g/mol. The van der Waals surface area contributed by atoms with Crippen LogP contribution in [0.25, 0.3) is 10.9 Å². The summed E-state index contributed by atoms with van der Waals surface area (Å²) in [6, 6.07) is 8.56. The normalized spacial score (nSPS) is 10.9. The van der Waals surface area contributed by atoms with Crippen molar-refractivity contribution in [2.24, 2.45) is 0 Å². The van der Waals surface area contributed by atoms with Crippen molar-refractivity contribution in [2.45, 2.75) is 19.9 Å². The molecule has 2 aromatic rings. The highest BCUT2D eigenvalue weighted by Gasteiger charge is 1.99. The lowest BCUT2D eigenvalue weighted by molar-refractivity contribution is 0.703. The number of benzene rings is 1. The van der Waals surface area contributed by atoms with Gasteiger partial charge in [-0.2, -0.15) is 0 Å². The Morgan fingerprint density at radius 1 is 1.31 bits per heavy atom. The fourth-order valence-electron chi connectivity index (χ4n) is 1.59. The van der Waals surface area contributed by atoms with Crippen LogP contribution in [0.15, 0.2) is 34.9 Å². The highest BCUT2D eigenvalue weighted by Crippen LogP contribution is 2.20. The van der Waals surface area contributed by atoms with Gasteiger partial charge in [0.15, 0.2) is 0 Å². The van der Waals surface area contributed by atoms with Gasteiger partial charge < -0.3 is 4.57 Å². The Labute approximate surface area is 86.5 Å². The molecule has 0 bridgehead atoms. The molecule has 2 heteroatoms. The Morgan fingerprint density at radius 2 is 2.15 bits per heavy atom. The topological polar surface area (TPSA) is 4.93 Å². The first kappa shape index (κ1) is 8.82. The minimum absolute atomic E-state index is 1.10. The van der Waals surface area contributed by atoms with Gasteiger partial charge in [-0.25, -0.2) is 0 Å². The SMILES string of the molecule is CCCn1ccc2ccc(Br)cc21. The van der Waals surface area contributed by atoms with Crippen molar-refractivity contribution in [3.63, 3.8) is 0 Å². The summed E-state index contributed by atoms with van der Waals surface area (Å²) < 4.78 is 3.44. The number of aromatic nitrogens is 1. The second-order valence-corrected chi connectivity index (χ2v) is 4.13. The van der Waals surface area contributed by atoms with Crippen molar-refractivity contribution in [3.05, 3.63) is 34.9 Å². The first-order chi connectivity index (χ1) is 6.31. The van der Waals surface area contributed by atoms with Crippen LogP contribution in [0.2, 0.25) is 0 Å². The van der Waals surface area contributed by atoms with Gasteiger partial charge in [-0.1, -0.05) is 28.9 Å². The van der Waals surface area contributed by atoms with Crippen LogP contribution < -0.4 is 0 Å². The second-order valence-electron chi connectivity index (χ2n) is 3.21. The highest BCUT2D eigenvalue weighted by atomic mass is 79.9. The fourth-order valence-corrected chi connectivity index (χ4v) is 1.94. The van der Waals surface area contributed by atoms with Crippen LogP contribution in [0.3, 0.4) is 0 Å². The molecule has 0 fully saturated rings. The Hall–Kier alpha value is -0.760. The predicted octanol–water partition coefficient (Wildman–Crippen LogP) is 3.81. The molecule has 0 aliphatic carbocycles. The predicted molar refractivity (Wildman–Crippen MR) is 59.9 cm³/mol. The third kappa shape index (κ3) is 1.63. The molecule has 1 aromatic heterocycles. The summed E-state index contributed by atoms with van der Waals surface area (Å²) >= 11 is 3.49. The van der Waals surface area contributed by atoms with E-state index < -0.39 is 0 Å². The maximum absolute atomic E-state index is 3.49. The highest BCUT2D eigenvalue weighted by molar-refractivity contribution is 9.10. The standard InChI is InChI=1S/C11H12BrN/c1-2-6-13-7-5-9-3-4-10(12)8-11(9)13/h3-5,7-8H,2,6H2,1H3. The molecular formula is C11H12BrN. The number of nitrogens with zero attached hydrogens (tertiary/aromatic N) is 1. The van der Waals surface area contributed by atoms with Crippen molar-refractivity contribution >= 4 is 26.8 Å². The van der Waals surface area contributed by atoms with Gasteiger partial charge in [0.25, 0.3) is 0 Å². The van der Waals surface area contributed by atoms with Gasteiger partial charge in [0.05, 0.1) is 0 Å². The molecule has 68 valence electrons. The van der Waals surface area contributed by atoms with Crippen molar-refractivity contribution in [1.29, 1.82) is 0 Å². The number of hydrogen-bond acceptors (Lipinski definition) is 0. The van der Waals surface area contributed by atoms with Gasteiger partial charge in [0, 0.05) is 22.7 Å². The minimum Gasteiger partial charge on any atom is -0.347 e. The van der Waals surface area contributed by atoms with E-state index in [9.17, 15) is 0 Å². The first-order valence-corrected chi connectivity index (χ1v) is 5.35. The largest absolute Gasteiger partial charge is 0.347 e. The van der Waals surface area contributed by atoms with Gasteiger partial charge in [-0.05, 0) is 30.0 Å². The van der Waals surface area contributed by atoms with Crippen LogP contribution in [0.5, 0.6) is 0 Å². The van der Waals surface area contributed by atoms with E-state index in [-0.39, 0.29) is 0 Å². The molecule has 1 heterocycles. The van der Waals surface area contributed by atoms with Crippen LogP contribution in [0.1, 0.15) is 13.3 Å². The molecule has 0 radical (unpaired) electrons. The van der Waals surface area contributed by atoms with Crippen LogP contribution in [-0.4, -0.2) is 4.57 Å². The zero-order chi connectivity index (χ0) is 9.26. The van der Waals surface area contributed by atoms with Crippen LogP contribution in [0, 0.1) is 0 Å². The average molecular weight is 238 g/mol. The average Bonchev–Trinajstić information content (AvgIpc) is 2.49. The molecule has 0 saturated heterocycles.